The van der Waals surface area contributed by atoms with Crippen LogP contribution < -0.4 is 27.8 Å². The van der Waals surface area contributed by atoms with Crippen molar-refractivity contribution in [2.75, 3.05) is 31.5 Å². The van der Waals surface area contributed by atoms with Crippen molar-refractivity contribution >= 4 is 29.2 Å². The third-order valence-corrected chi connectivity index (χ3v) is 6.53. The molecule has 0 spiro atoms. The summed E-state index contributed by atoms with van der Waals surface area (Å²) in [5.41, 5.74) is 19.7. The van der Waals surface area contributed by atoms with Crippen LogP contribution in [0.4, 0.5) is 5.69 Å². The van der Waals surface area contributed by atoms with Gasteiger partial charge < -0.3 is 32.7 Å². The van der Waals surface area contributed by atoms with Gasteiger partial charge in [0.05, 0.1) is 12.5 Å². The first-order valence-corrected chi connectivity index (χ1v) is 13.6. The standard InChI is InChI=1S/C31H38N6O4/c32-17-19-37(20-18-33)28(38)21-26(34)30(40)36-27(16-11-22-7-3-1-4-8-22)31(41)35-25-14-12-24(13-15-25)29(39)23-9-5-2-6-10-23/h1-10,12-15,26-27H,11,16-21,32-34H2,(H,35,41)(H,36,40). The van der Waals surface area contributed by atoms with Gasteiger partial charge in [-0.1, -0.05) is 60.7 Å². The molecule has 216 valence electrons. The van der Waals surface area contributed by atoms with Crippen LogP contribution in [0.2, 0.25) is 0 Å². The Bertz CT molecular complexity index is 1280. The second kappa shape index (κ2) is 16.0. The van der Waals surface area contributed by atoms with E-state index in [0.29, 0.717) is 42.7 Å². The van der Waals surface area contributed by atoms with Gasteiger partial charge in [-0.2, -0.15) is 0 Å². The lowest BCUT2D eigenvalue weighted by Crippen LogP contribution is -2.52. The van der Waals surface area contributed by atoms with Gasteiger partial charge in [0.1, 0.15) is 6.04 Å². The zero-order chi connectivity index (χ0) is 29.6. The minimum absolute atomic E-state index is 0.128. The number of amides is 3. The lowest BCUT2D eigenvalue weighted by molar-refractivity contribution is -0.134. The summed E-state index contributed by atoms with van der Waals surface area (Å²) in [5, 5.41) is 5.53. The third-order valence-electron chi connectivity index (χ3n) is 6.53. The van der Waals surface area contributed by atoms with E-state index in [1.165, 1.54) is 4.90 Å². The van der Waals surface area contributed by atoms with Gasteiger partial charge in [0.25, 0.3) is 0 Å². The first-order valence-electron chi connectivity index (χ1n) is 13.6. The Hall–Kier alpha value is -4.38. The maximum Gasteiger partial charge on any atom is 0.246 e. The molecule has 0 heterocycles. The first-order chi connectivity index (χ1) is 19.8. The van der Waals surface area contributed by atoms with Crippen molar-refractivity contribution in [1.29, 1.82) is 0 Å². The van der Waals surface area contributed by atoms with Gasteiger partial charge in [0.2, 0.25) is 17.7 Å². The topological polar surface area (TPSA) is 174 Å². The van der Waals surface area contributed by atoms with E-state index in [9.17, 15) is 19.2 Å². The van der Waals surface area contributed by atoms with E-state index in [-0.39, 0.29) is 31.2 Å². The molecule has 3 amide bonds. The van der Waals surface area contributed by atoms with Crippen LogP contribution in [0.15, 0.2) is 84.9 Å². The van der Waals surface area contributed by atoms with Crippen molar-refractivity contribution in [3.63, 3.8) is 0 Å². The predicted octanol–water partition coefficient (Wildman–Crippen LogP) is 1.44. The van der Waals surface area contributed by atoms with Gasteiger partial charge in [0.15, 0.2) is 5.78 Å². The van der Waals surface area contributed by atoms with E-state index in [1.807, 2.05) is 36.4 Å². The lowest BCUT2D eigenvalue weighted by atomic mass is 10.0. The lowest BCUT2D eigenvalue weighted by Gasteiger charge is -2.24. The Morgan fingerprint density at radius 2 is 1.29 bits per heavy atom. The molecule has 8 N–H and O–H groups in total. The molecule has 10 nitrogen and oxygen atoms in total. The molecule has 0 aliphatic carbocycles. The zero-order valence-electron chi connectivity index (χ0n) is 23.0. The number of nitrogens with zero attached hydrogens (tertiary/aromatic N) is 1. The van der Waals surface area contributed by atoms with Crippen molar-refractivity contribution in [2.45, 2.75) is 31.3 Å². The quantitative estimate of drug-likeness (QED) is 0.175. The molecule has 3 aromatic rings. The molecule has 10 heteroatoms. The van der Waals surface area contributed by atoms with Gasteiger partial charge in [-0.05, 0) is 42.7 Å². The number of carbonyl (C=O) groups excluding carboxylic acids is 4. The van der Waals surface area contributed by atoms with Crippen molar-refractivity contribution in [1.82, 2.24) is 10.2 Å². The number of aryl methyl sites for hydroxylation is 1. The van der Waals surface area contributed by atoms with Crippen LogP contribution in [0.25, 0.3) is 0 Å². The summed E-state index contributed by atoms with van der Waals surface area (Å²) in [6, 6.07) is 23.0. The van der Waals surface area contributed by atoms with Crippen LogP contribution in [0, 0.1) is 0 Å². The minimum atomic E-state index is -1.16. The number of anilines is 1. The highest BCUT2D eigenvalue weighted by molar-refractivity contribution is 6.09. The van der Waals surface area contributed by atoms with Crippen LogP contribution in [-0.2, 0) is 20.8 Å². The highest BCUT2D eigenvalue weighted by Crippen LogP contribution is 2.15. The fraction of sp³-hybridized carbons (Fsp3) is 0.290. The van der Waals surface area contributed by atoms with Gasteiger partial charge >= 0.3 is 0 Å². The molecule has 0 aliphatic heterocycles. The number of hydrogen-bond acceptors (Lipinski definition) is 7. The Kier molecular flexibility index (Phi) is 12.2. The number of hydrogen-bond donors (Lipinski definition) is 5. The summed E-state index contributed by atoms with van der Waals surface area (Å²) >= 11 is 0. The van der Waals surface area contributed by atoms with E-state index in [1.54, 1.807) is 48.5 Å². The maximum absolute atomic E-state index is 13.3. The Labute approximate surface area is 240 Å². The number of carbonyl (C=O) groups is 4. The van der Waals surface area contributed by atoms with Gasteiger partial charge in [-0.15, -0.1) is 0 Å². The fourth-order valence-corrected chi connectivity index (χ4v) is 4.28. The number of rotatable bonds is 15. The van der Waals surface area contributed by atoms with E-state index in [2.05, 4.69) is 10.6 Å². The van der Waals surface area contributed by atoms with E-state index in [4.69, 9.17) is 17.2 Å². The molecule has 0 saturated heterocycles. The summed E-state index contributed by atoms with van der Waals surface area (Å²) in [6.07, 6.45) is 0.591. The highest BCUT2D eigenvalue weighted by Gasteiger charge is 2.26. The Morgan fingerprint density at radius 3 is 1.88 bits per heavy atom. The SMILES string of the molecule is NCCN(CCN)C(=O)CC(N)C(=O)NC(CCc1ccccc1)C(=O)Nc1ccc(C(=O)c2ccccc2)cc1. The summed E-state index contributed by atoms with van der Waals surface area (Å²) in [5.74, 6) is -1.52. The molecule has 0 radical (unpaired) electrons. The molecule has 0 bridgehead atoms. The average Bonchev–Trinajstić information content (AvgIpc) is 2.99. The summed E-state index contributed by atoms with van der Waals surface area (Å²) in [4.78, 5) is 53.1. The third kappa shape index (κ3) is 9.64. The van der Waals surface area contributed by atoms with Gasteiger partial charge in [-0.25, -0.2) is 0 Å². The molecular formula is C31H38N6O4. The largest absolute Gasteiger partial charge is 0.343 e. The highest BCUT2D eigenvalue weighted by atomic mass is 16.2. The summed E-state index contributed by atoms with van der Waals surface area (Å²) in [7, 11) is 0. The molecule has 0 aliphatic rings. The molecule has 0 saturated carbocycles. The van der Waals surface area contributed by atoms with Crippen LogP contribution >= 0.6 is 0 Å². The summed E-state index contributed by atoms with van der Waals surface area (Å²) < 4.78 is 0. The van der Waals surface area contributed by atoms with Crippen LogP contribution in [0.3, 0.4) is 0 Å². The average molecular weight is 559 g/mol. The van der Waals surface area contributed by atoms with Crippen molar-refractivity contribution in [2.24, 2.45) is 17.2 Å². The monoisotopic (exact) mass is 558 g/mol. The number of ketones is 1. The van der Waals surface area contributed by atoms with Gasteiger partial charge in [-0.3, -0.25) is 19.2 Å². The normalized spacial score (nSPS) is 12.2. The van der Waals surface area contributed by atoms with Crippen molar-refractivity contribution in [3.05, 3.63) is 102 Å². The van der Waals surface area contributed by atoms with Crippen molar-refractivity contribution in [3.8, 4) is 0 Å². The first kappa shape index (κ1) is 31.2. The predicted molar refractivity (Wildman–Crippen MR) is 159 cm³/mol. The molecule has 41 heavy (non-hydrogen) atoms. The Morgan fingerprint density at radius 1 is 0.732 bits per heavy atom. The van der Waals surface area contributed by atoms with Crippen molar-refractivity contribution < 1.29 is 19.2 Å². The molecule has 0 fully saturated rings. The molecule has 3 aromatic carbocycles. The summed E-state index contributed by atoms with van der Waals surface area (Å²) in [6.45, 7) is 1.14. The second-order valence-corrected chi connectivity index (χ2v) is 9.62. The number of benzene rings is 3. The maximum atomic E-state index is 13.3. The second-order valence-electron chi connectivity index (χ2n) is 9.62. The fourth-order valence-electron chi connectivity index (χ4n) is 4.28. The number of nitrogens with one attached hydrogen (secondary N) is 2. The molecule has 3 rings (SSSR count). The molecule has 2 unspecified atom stereocenters. The van der Waals surface area contributed by atoms with Crippen LogP contribution in [0.1, 0.15) is 34.3 Å². The smallest absolute Gasteiger partial charge is 0.246 e. The molecular weight excluding hydrogens is 520 g/mol. The Balaban J connectivity index is 1.68. The molecule has 2 atom stereocenters. The van der Waals surface area contributed by atoms with Crippen LogP contribution in [0.5, 0.6) is 0 Å². The van der Waals surface area contributed by atoms with E-state index >= 15 is 0 Å². The minimum Gasteiger partial charge on any atom is -0.343 e. The zero-order valence-corrected chi connectivity index (χ0v) is 23.0. The van der Waals surface area contributed by atoms with Gasteiger partial charge in [0, 0.05) is 43.0 Å². The van der Waals surface area contributed by atoms with E-state index in [0.717, 1.165) is 5.56 Å². The molecule has 0 aromatic heterocycles. The van der Waals surface area contributed by atoms with Crippen LogP contribution in [-0.4, -0.2) is 66.7 Å². The number of nitrogens with two attached hydrogens (primary N) is 3. The van der Waals surface area contributed by atoms with E-state index < -0.39 is 23.9 Å².